The van der Waals surface area contributed by atoms with E-state index in [2.05, 4.69) is 11.1 Å². The van der Waals surface area contributed by atoms with Crippen LogP contribution in [0.25, 0.3) is 0 Å². The van der Waals surface area contributed by atoms with E-state index in [1.807, 2.05) is 35.4 Å². The van der Waals surface area contributed by atoms with Crippen LogP contribution < -0.4 is 4.90 Å². The van der Waals surface area contributed by atoms with Crippen LogP contribution in [-0.4, -0.2) is 17.4 Å². The molecule has 2 heterocycles. The number of benzene rings is 1. The Kier molecular flexibility index (Phi) is 2.44. The van der Waals surface area contributed by atoms with Crippen molar-refractivity contribution in [3.05, 3.63) is 45.9 Å². The van der Waals surface area contributed by atoms with E-state index >= 15 is 0 Å². The highest BCUT2D eigenvalue weighted by molar-refractivity contribution is 7.09. The Bertz CT molecular complexity index is 576. The quantitative estimate of drug-likeness (QED) is 0.772. The number of carbonyl (C=O) groups excluding carboxylic acids is 1. The fourth-order valence-corrected chi connectivity index (χ4v) is 2.74. The Labute approximate surface area is 104 Å². The zero-order valence-electron chi connectivity index (χ0n) is 9.51. The largest absolute Gasteiger partial charge is 0.306 e. The molecule has 0 saturated heterocycles. The molecule has 1 aliphatic heterocycles. The van der Waals surface area contributed by atoms with E-state index in [-0.39, 0.29) is 5.91 Å². The molecule has 0 N–H and O–H groups in total. The lowest BCUT2D eigenvalue weighted by molar-refractivity contribution is 0.0985. The maximum atomic E-state index is 12.3. The lowest BCUT2D eigenvalue weighted by Crippen LogP contribution is -2.29. The highest BCUT2D eigenvalue weighted by atomic mass is 32.1. The van der Waals surface area contributed by atoms with Crippen LogP contribution >= 0.6 is 11.3 Å². The first kappa shape index (κ1) is 10.5. The second kappa shape index (κ2) is 3.96. The van der Waals surface area contributed by atoms with E-state index in [9.17, 15) is 4.79 Å². The van der Waals surface area contributed by atoms with E-state index in [0.717, 1.165) is 23.7 Å². The minimum atomic E-state index is 0.0132. The summed E-state index contributed by atoms with van der Waals surface area (Å²) in [7, 11) is 0. The highest BCUT2D eigenvalue weighted by Crippen LogP contribution is 2.28. The van der Waals surface area contributed by atoms with Crippen molar-refractivity contribution in [3.63, 3.8) is 0 Å². The van der Waals surface area contributed by atoms with Crippen molar-refractivity contribution >= 4 is 22.9 Å². The number of thiazole rings is 1. The standard InChI is InChI=1S/C13H12N2OS/c1-9-14-11(8-17-9)13(16)15-7-6-10-4-2-3-5-12(10)15/h2-5,8H,6-7H2,1H3. The average molecular weight is 244 g/mol. The molecule has 0 saturated carbocycles. The van der Waals surface area contributed by atoms with Gasteiger partial charge >= 0.3 is 0 Å². The van der Waals surface area contributed by atoms with Crippen LogP contribution in [-0.2, 0) is 6.42 Å². The van der Waals surface area contributed by atoms with Crippen LogP contribution in [0.4, 0.5) is 5.69 Å². The molecule has 86 valence electrons. The Morgan fingerprint density at radius 3 is 3.00 bits per heavy atom. The fourth-order valence-electron chi connectivity index (χ4n) is 2.15. The summed E-state index contributed by atoms with van der Waals surface area (Å²) >= 11 is 1.51. The molecule has 17 heavy (non-hydrogen) atoms. The van der Waals surface area contributed by atoms with Gasteiger partial charge < -0.3 is 4.90 Å². The predicted octanol–water partition coefficient (Wildman–Crippen LogP) is 2.65. The Morgan fingerprint density at radius 2 is 2.24 bits per heavy atom. The Hall–Kier alpha value is -1.68. The monoisotopic (exact) mass is 244 g/mol. The molecule has 0 radical (unpaired) electrons. The molecule has 0 aliphatic carbocycles. The number of amides is 1. The number of carbonyl (C=O) groups is 1. The summed E-state index contributed by atoms with van der Waals surface area (Å²) in [6.07, 6.45) is 0.936. The molecule has 0 bridgehead atoms. The van der Waals surface area contributed by atoms with Gasteiger partial charge in [-0.25, -0.2) is 4.98 Å². The number of aryl methyl sites for hydroxylation is 1. The molecule has 1 aromatic heterocycles. The second-order valence-corrected chi connectivity index (χ2v) is 5.15. The van der Waals surface area contributed by atoms with E-state index in [1.54, 1.807) is 0 Å². The van der Waals surface area contributed by atoms with Crippen LogP contribution in [0.15, 0.2) is 29.6 Å². The molecule has 0 atom stereocenters. The van der Waals surface area contributed by atoms with Gasteiger partial charge in [0.15, 0.2) is 0 Å². The maximum absolute atomic E-state index is 12.3. The molecule has 3 nitrogen and oxygen atoms in total. The Morgan fingerprint density at radius 1 is 1.41 bits per heavy atom. The lowest BCUT2D eigenvalue weighted by atomic mass is 10.2. The zero-order valence-corrected chi connectivity index (χ0v) is 10.3. The number of anilines is 1. The first-order chi connectivity index (χ1) is 8.25. The molecule has 1 aromatic carbocycles. The number of aromatic nitrogens is 1. The van der Waals surface area contributed by atoms with Crippen molar-refractivity contribution in [2.24, 2.45) is 0 Å². The average Bonchev–Trinajstić information content (AvgIpc) is 2.94. The van der Waals surface area contributed by atoms with Crippen molar-refractivity contribution < 1.29 is 4.79 Å². The smallest absolute Gasteiger partial charge is 0.277 e. The van der Waals surface area contributed by atoms with Crippen molar-refractivity contribution in [3.8, 4) is 0 Å². The molecule has 1 aliphatic rings. The van der Waals surface area contributed by atoms with Crippen LogP contribution in [0.1, 0.15) is 21.1 Å². The molecule has 1 amide bonds. The van der Waals surface area contributed by atoms with Gasteiger partial charge in [0.2, 0.25) is 0 Å². The van der Waals surface area contributed by atoms with Gasteiger partial charge in [0.05, 0.1) is 5.01 Å². The van der Waals surface area contributed by atoms with Gasteiger partial charge in [-0.15, -0.1) is 11.3 Å². The number of hydrogen-bond acceptors (Lipinski definition) is 3. The van der Waals surface area contributed by atoms with Gasteiger partial charge in [-0.3, -0.25) is 4.79 Å². The van der Waals surface area contributed by atoms with Crippen LogP contribution in [0.3, 0.4) is 0 Å². The lowest BCUT2D eigenvalue weighted by Gasteiger charge is -2.15. The third-order valence-corrected chi connectivity index (χ3v) is 3.74. The number of rotatable bonds is 1. The summed E-state index contributed by atoms with van der Waals surface area (Å²) in [6.45, 7) is 2.67. The van der Waals surface area contributed by atoms with Crippen molar-refractivity contribution in [1.29, 1.82) is 0 Å². The third kappa shape index (κ3) is 1.74. The van der Waals surface area contributed by atoms with E-state index < -0.39 is 0 Å². The molecular formula is C13H12N2OS. The first-order valence-electron chi connectivity index (χ1n) is 5.57. The van der Waals surface area contributed by atoms with Crippen molar-refractivity contribution in [1.82, 2.24) is 4.98 Å². The molecule has 3 rings (SSSR count). The number of fused-ring (bicyclic) bond motifs is 1. The summed E-state index contributed by atoms with van der Waals surface area (Å²) in [5.41, 5.74) is 2.83. The highest BCUT2D eigenvalue weighted by Gasteiger charge is 2.26. The normalized spacial score (nSPS) is 13.8. The SMILES string of the molecule is Cc1nc(C(=O)N2CCc3ccccc32)cs1. The van der Waals surface area contributed by atoms with Crippen LogP contribution in [0, 0.1) is 6.92 Å². The van der Waals surface area contributed by atoms with Gasteiger partial charge in [0, 0.05) is 17.6 Å². The summed E-state index contributed by atoms with van der Waals surface area (Å²) in [6, 6.07) is 8.06. The summed E-state index contributed by atoms with van der Waals surface area (Å²) in [4.78, 5) is 18.4. The summed E-state index contributed by atoms with van der Waals surface area (Å²) < 4.78 is 0. The van der Waals surface area contributed by atoms with Crippen LogP contribution in [0.5, 0.6) is 0 Å². The van der Waals surface area contributed by atoms with Crippen molar-refractivity contribution in [2.45, 2.75) is 13.3 Å². The van der Waals surface area contributed by atoms with Gasteiger partial charge in [0.25, 0.3) is 5.91 Å². The van der Waals surface area contributed by atoms with Crippen LogP contribution in [0.2, 0.25) is 0 Å². The minimum absolute atomic E-state index is 0.0132. The molecule has 0 unspecified atom stereocenters. The van der Waals surface area contributed by atoms with E-state index in [4.69, 9.17) is 0 Å². The number of nitrogens with zero attached hydrogens (tertiary/aromatic N) is 2. The zero-order chi connectivity index (χ0) is 11.8. The van der Waals surface area contributed by atoms with Gasteiger partial charge in [0.1, 0.15) is 5.69 Å². The van der Waals surface area contributed by atoms with E-state index in [0.29, 0.717) is 5.69 Å². The first-order valence-corrected chi connectivity index (χ1v) is 6.45. The third-order valence-electron chi connectivity index (χ3n) is 2.97. The molecular weight excluding hydrogens is 232 g/mol. The predicted molar refractivity (Wildman–Crippen MR) is 68.7 cm³/mol. The molecule has 2 aromatic rings. The summed E-state index contributed by atoms with van der Waals surface area (Å²) in [5.74, 6) is 0.0132. The second-order valence-electron chi connectivity index (χ2n) is 4.09. The minimum Gasteiger partial charge on any atom is -0.306 e. The van der Waals surface area contributed by atoms with Gasteiger partial charge in [-0.1, -0.05) is 18.2 Å². The maximum Gasteiger partial charge on any atom is 0.277 e. The van der Waals surface area contributed by atoms with E-state index in [1.165, 1.54) is 16.9 Å². The Balaban J connectivity index is 1.95. The number of para-hydroxylation sites is 1. The number of hydrogen-bond donors (Lipinski definition) is 0. The molecule has 4 heteroatoms. The molecule has 0 fully saturated rings. The van der Waals surface area contributed by atoms with Gasteiger partial charge in [-0.05, 0) is 25.0 Å². The van der Waals surface area contributed by atoms with Crippen molar-refractivity contribution in [2.75, 3.05) is 11.4 Å². The summed E-state index contributed by atoms with van der Waals surface area (Å²) in [5, 5.41) is 2.76. The molecule has 0 spiro atoms. The fraction of sp³-hybridized carbons (Fsp3) is 0.231. The topological polar surface area (TPSA) is 33.2 Å². The van der Waals surface area contributed by atoms with Gasteiger partial charge in [-0.2, -0.15) is 0 Å².